The molecule has 1 heterocycles. The molecule has 4 heteroatoms. The number of allylic oxidation sites excluding steroid dienone is 4. The number of carbonyl (C=O) groups excluding carboxylic acids is 1. The van der Waals surface area contributed by atoms with Crippen molar-refractivity contribution in [3.05, 3.63) is 59.7 Å². The second kappa shape index (κ2) is 7.50. The van der Waals surface area contributed by atoms with Crippen molar-refractivity contribution in [2.75, 3.05) is 6.61 Å². The average molecular weight is 300 g/mol. The largest absolute Gasteiger partial charge is 0.508 e. The first-order valence-corrected chi connectivity index (χ1v) is 7.29. The predicted molar refractivity (Wildman–Crippen MR) is 85.0 cm³/mol. The van der Waals surface area contributed by atoms with Crippen LogP contribution in [0.1, 0.15) is 35.2 Å². The van der Waals surface area contributed by atoms with Crippen molar-refractivity contribution in [2.45, 2.75) is 25.7 Å². The lowest BCUT2D eigenvalue weighted by Crippen LogP contribution is -2.10. The number of benzene rings is 1. The summed E-state index contributed by atoms with van der Waals surface area (Å²) in [5.41, 5.74) is 1.39. The van der Waals surface area contributed by atoms with Crippen LogP contribution < -0.4 is 0 Å². The molecule has 0 amide bonds. The van der Waals surface area contributed by atoms with Gasteiger partial charge in [0, 0.05) is 6.07 Å². The van der Waals surface area contributed by atoms with E-state index in [1.165, 1.54) is 6.07 Å². The van der Waals surface area contributed by atoms with Gasteiger partial charge in [0.25, 0.3) is 0 Å². The number of phenols is 2. The van der Waals surface area contributed by atoms with Gasteiger partial charge >= 0.3 is 5.97 Å². The van der Waals surface area contributed by atoms with Gasteiger partial charge in [0.2, 0.25) is 0 Å². The average Bonchev–Trinajstić information content (AvgIpc) is 2.44. The summed E-state index contributed by atoms with van der Waals surface area (Å²) in [6.45, 7) is 4.20. The Morgan fingerprint density at radius 2 is 1.77 bits per heavy atom. The summed E-state index contributed by atoms with van der Waals surface area (Å²) in [4.78, 5) is 12.2. The van der Waals surface area contributed by atoms with Crippen molar-refractivity contribution in [1.29, 1.82) is 0 Å². The second-order valence-electron chi connectivity index (χ2n) is 5.21. The monoisotopic (exact) mass is 300 g/mol. The van der Waals surface area contributed by atoms with Crippen LogP contribution in [0.5, 0.6) is 11.5 Å². The second-order valence-corrected chi connectivity index (χ2v) is 5.21. The first kappa shape index (κ1) is 15.9. The molecular weight excluding hydrogens is 280 g/mol. The lowest BCUT2D eigenvalue weighted by atomic mass is 9.98. The number of cyclic esters (lactones) is 1. The molecule has 2 N–H and O–H groups in total. The van der Waals surface area contributed by atoms with Gasteiger partial charge in [0.1, 0.15) is 17.1 Å². The maximum atomic E-state index is 12.2. The lowest BCUT2D eigenvalue weighted by Gasteiger charge is -2.12. The van der Waals surface area contributed by atoms with Crippen molar-refractivity contribution in [3.63, 3.8) is 0 Å². The van der Waals surface area contributed by atoms with Crippen LogP contribution in [0.15, 0.2) is 48.6 Å². The van der Waals surface area contributed by atoms with E-state index in [4.69, 9.17) is 4.74 Å². The Bertz CT molecular complexity index is 626. The molecule has 0 atom stereocenters. The topological polar surface area (TPSA) is 66.8 Å². The Morgan fingerprint density at radius 3 is 2.59 bits per heavy atom. The van der Waals surface area contributed by atoms with Crippen LogP contribution in [-0.2, 0) is 11.2 Å². The number of aromatic hydroxyl groups is 2. The van der Waals surface area contributed by atoms with Crippen LogP contribution in [0, 0.1) is 0 Å². The van der Waals surface area contributed by atoms with Gasteiger partial charge in [-0.15, -0.1) is 0 Å². The quantitative estimate of drug-likeness (QED) is 0.567. The van der Waals surface area contributed by atoms with Gasteiger partial charge in [-0.25, -0.2) is 4.79 Å². The summed E-state index contributed by atoms with van der Waals surface area (Å²) in [7, 11) is 0. The molecule has 1 aromatic rings. The smallest absolute Gasteiger partial charge is 0.342 e. The molecule has 2 rings (SSSR count). The van der Waals surface area contributed by atoms with Crippen LogP contribution in [0.4, 0.5) is 0 Å². The van der Waals surface area contributed by atoms with Crippen LogP contribution in [0.25, 0.3) is 0 Å². The fraction of sp³-hybridized carbons (Fsp3) is 0.278. The molecule has 1 aromatic carbocycles. The summed E-state index contributed by atoms with van der Waals surface area (Å²) in [5, 5.41) is 19.6. The highest BCUT2D eigenvalue weighted by molar-refractivity contribution is 5.94. The Kier molecular flexibility index (Phi) is 5.42. The van der Waals surface area contributed by atoms with E-state index in [9.17, 15) is 15.0 Å². The molecule has 0 fully saturated rings. The fourth-order valence-electron chi connectivity index (χ4n) is 2.32. The van der Waals surface area contributed by atoms with Crippen molar-refractivity contribution in [3.8, 4) is 11.5 Å². The lowest BCUT2D eigenvalue weighted by molar-refractivity contribution is 0.0507. The minimum absolute atomic E-state index is 0.0911. The van der Waals surface area contributed by atoms with Crippen LogP contribution in [0.3, 0.4) is 0 Å². The van der Waals surface area contributed by atoms with Gasteiger partial charge in [0.15, 0.2) is 0 Å². The molecule has 22 heavy (non-hydrogen) atoms. The number of fused-ring (bicyclic) bond motifs is 1. The molecule has 1 aliphatic heterocycles. The summed E-state index contributed by atoms with van der Waals surface area (Å²) < 4.78 is 5.19. The molecule has 0 spiro atoms. The molecule has 0 saturated carbocycles. The number of ether oxygens (including phenoxy) is 1. The fourth-order valence-corrected chi connectivity index (χ4v) is 2.32. The zero-order chi connectivity index (χ0) is 15.9. The zero-order valence-corrected chi connectivity index (χ0v) is 12.4. The number of carbonyl (C=O) groups is 1. The van der Waals surface area contributed by atoms with E-state index in [1.54, 1.807) is 0 Å². The SMILES string of the molecule is C=C1/C=C/CC/C=C/CCOC(=O)c2c(O)cc(O)cc2C1. The zero-order valence-electron chi connectivity index (χ0n) is 12.4. The molecule has 4 nitrogen and oxygen atoms in total. The van der Waals surface area contributed by atoms with Crippen LogP contribution >= 0.6 is 0 Å². The summed E-state index contributed by atoms with van der Waals surface area (Å²) >= 11 is 0. The number of esters is 1. The maximum Gasteiger partial charge on any atom is 0.342 e. The summed E-state index contributed by atoms with van der Waals surface area (Å²) in [6.07, 6.45) is 10.8. The summed E-state index contributed by atoms with van der Waals surface area (Å²) in [6, 6.07) is 2.60. The van der Waals surface area contributed by atoms with E-state index in [2.05, 4.69) is 12.7 Å². The van der Waals surface area contributed by atoms with E-state index in [-0.39, 0.29) is 23.7 Å². The van der Waals surface area contributed by atoms with E-state index in [0.717, 1.165) is 24.5 Å². The number of hydrogen-bond donors (Lipinski definition) is 2. The number of rotatable bonds is 0. The molecule has 0 bridgehead atoms. The third kappa shape index (κ3) is 4.25. The third-order valence-corrected chi connectivity index (χ3v) is 3.34. The van der Waals surface area contributed by atoms with E-state index in [0.29, 0.717) is 18.4 Å². The normalized spacial score (nSPS) is 19.6. The highest BCUT2D eigenvalue weighted by atomic mass is 16.5. The van der Waals surface area contributed by atoms with Crippen molar-refractivity contribution < 1.29 is 19.7 Å². The highest BCUT2D eigenvalue weighted by Crippen LogP contribution is 2.29. The molecule has 1 aliphatic rings. The minimum atomic E-state index is -0.588. The molecule has 116 valence electrons. The van der Waals surface area contributed by atoms with Gasteiger partial charge in [-0.05, 0) is 37.3 Å². The molecule has 0 saturated heterocycles. The molecule has 0 aromatic heterocycles. The van der Waals surface area contributed by atoms with Crippen molar-refractivity contribution in [1.82, 2.24) is 0 Å². The Hall–Kier alpha value is -2.49. The van der Waals surface area contributed by atoms with Crippen molar-refractivity contribution >= 4 is 5.97 Å². The summed E-state index contributed by atoms with van der Waals surface area (Å²) in [5.74, 6) is -0.959. The Balaban J connectivity index is 2.36. The molecule has 0 radical (unpaired) electrons. The van der Waals surface area contributed by atoms with E-state index >= 15 is 0 Å². The Labute approximate surface area is 130 Å². The Morgan fingerprint density at radius 1 is 1.05 bits per heavy atom. The van der Waals surface area contributed by atoms with Gasteiger partial charge in [-0.3, -0.25) is 0 Å². The van der Waals surface area contributed by atoms with Gasteiger partial charge in [-0.1, -0.05) is 36.5 Å². The molecule has 0 unspecified atom stereocenters. The number of hydrogen-bond acceptors (Lipinski definition) is 4. The predicted octanol–water partition coefficient (Wildman–Crippen LogP) is 3.65. The maximum absolute atomic E-state index is 12.2. The first-order valence-electron chi connectivity index (χ1n) is 7.29. The van der Waals surface area contributed by atoms with Gasteiger partial charge in [-0.2, -0.15) is 0 Å². The molecule has 0 aliphatic carbocycles. The number of phenolic OH excluding ortho intramolecular Hbond substituents is 2. The van der Waals surface area contributed by atoms with E-state index < -0.39 is 5.97 Å². The van der Waals surface area contributed by atoms with Gasteiger partial charge < -0.3 is 14.9 Å². The molecular formula is C18H20O4. The van der Waals surface area contributed by atoms with Crippen molar-refractivity contribution in [2.24, 2.45) is 0 Å². The minimum Gasteiger partial charge on any atom is -0.508 e. The van der Waals surface area contributed by atoms with Gasteiger partial charge in [0.05, 0.1) is 6.61 Å². The van der Waals surface area contributed by atoms with Crippen LogP contribution in [0.2, 0.25) is 0 Å². The third-order valence-electron chi connectivity index (χ3n) is 3.34. The first-order chi connectivity index (χ1) is 10.6. The van der Waals surface area contributed by atoms with E-state index in [1.807, 2.05) is 18.2 Å². The van der Waals surface area contributed by atoms with Crippen LogP contribution in [-0.4, -0.2) is 22.8 Å². The standard InChI is InChI=1S/C18H20O4/c1-13-8-6-4-2-3-5-7-9-22-18(21)17-14(10-13)11-15(19)12-16(17)20/h3,5-6,8,11-12,19-20H,1-2,4,7,9-10H2/b5-3+,8-6+. The highest BCUT2D eigenvalue weighted by Gasteiger charge is 2.19.